The van der Waals surface area contributed by atoms with Gasteiger partial charge in [-0.3, -0.25) is 4.79 Å². The van der Waals surface area contributed by atoms with Gasteiger partial charge in [0, 0.05) is 11.6 Å². The fourth-order valence-electron chi connectivity index (χ4n) is 1.60. The number of rotatable bonds is 6. The van der Waals surface area contributed by atoms with Crippen LogP contribution in [0.4, 0.5) is 0 Å². The lowest BCUT2D eigenvalue weighted by Gasteiger charge is -2.21. The summed E-state index contributed by atoms with van der Waals surface area (Å²) >= 11 is 5.86. The van der Waals surface area contributed by atoms with Crippen LogP contribution in [0.15, 0.2) is 23.1 Å². The maximum atomic E-state index is 12.1. The van der Waals surface area contributed by atoms with Gasteiger partial charge in [-0.1, -0.05) is 17.7 Å². The fourth-order valence-corrected chi connectivity index (χ4v) is 3.25. The molecule has 20 heavy (non-hydrogen) atoms. The molecular formula is C12H16ClNO5S. The quantitative estimate of drug-likeness (QED) is 0.729. The van der Waals surface area contributed by atoms with E-state index in [4.69, 9.17) is 16.7 Å². The van der Waals surface area contributed by atoms with E-state index in [2.05, 4.69) is 4.72 Å². The molecule has 1 aromatic carbocycles. The van der Waals surface area contributed by atoms with Gasteiger partial charge in [0.25, 0.3) is 0 Å². The normalized spacial score (nSPS) is 14.8. The van der Waals surface area contributed by atoms with Crippen LogP contribution in [-0.4, -0.2) is 36.7 Å². The van der Waals surface area contributed by atoms with Crippen LogP contribution in [-0.2, 0) is 14.8 Å². The van der Waals surface area contributed by atoms with Gasteiger partial charge in [-0.15, -0.1) is 0 Å². The topological polar surface area (TPSA) is 104 Å². The molecule has 0 aromatic heterocycles. The number of aliphatic hydroxyl groups is 1. The van der Waals surface area contributed by atoms with Crippen molar-refractivity contribution in [1.29, 1.82) is 0 Å². The number of carbonyl (C=O) groups is 1. The molecule has 8 heteroatoms. The first-order chi connectivity index (χ1) is 9.05. The summed E-state index contributed by atoms with van der Waals surface area (Å²) in [6.45, 7) is 2.40. The number of benzene rings is 1. The third kappa shape index (κ3) is 4.45. The summed E-state index contributed by atoms with van der Waals surface area (Å²) in [5.74, 6) is -1.21. The van der Waals surface area contributed by atoms with Gasteiger partial charge in [0.15, 0.2) is 0 Å². The van der Waals surface area contributed by atoms with E-state index in [1.807, 2.05) is 0 Å². The second-order valence-electron chi connectivity index (χ2n) is 4.75. The van der Waals surface area contributed by atoms with Gasteiger partial charge < -0.3 is 10.2 Å². The monoisotopic (exact) mass is 321 g/mol. The summed E-state index contributed by atoms with van der Waals surface area (Å²) in [7, 11) is -3.87. The van der Waals surface area contributed by atoms with Crippen LogP contribution >= 0.6 is 11.6 Å². The zero-order valence-electron chi connectivity index (χ0n) is 11.1. The van der Waals surface area contributed by atoms with Gasteiger partial charge in [-0.05, 0) is 31.5 Å². The largest absolute Gasteiger partial charge is 0.481 e. The summed E-state index contributed by atoms with van der Waals surface area (Å²) in [5.41, 5.74) is -1.29. The summed E-state index contributed by atoms with van der Waals surface area (Å²) in [5, 5.41) is 18.7. The van der Waals surface area contributed by atoms with Crippen molar-refractivity contribution in [2.45, 2.75) is 30.8 Å². The molecule has 1 rings (SSSR count). The highest BCUT2D eigenvalue weighted by molar-refractivity contribution is 7.89. The summed E-state index contributed by atoms with van der Waals surface area (Å²) in [4.78, 5) is 10.5. The Morgan fingerprint density at radius 2 is 2.05 bits per heavy atom. The Morgan fingerprint density at radius 1 is 1.45 bits per heavy atom. The molecule has 0 aliphatic carbocycles. The van der Waals surface area contributed by atoms with E-state index in [1.54, 1.807) is 13.0 Å². The standard InChI is InChI=1S/C12H16ClNO5S/c1-8-9(13)4-3-5-10(8)20(18,19)14-7-12(2,17)6-11(15)16/h3-5,14,17H,6-7H2,1-2H3,(H,15,16). The maximum absolute atomic E-state index is 12.1. The first kappa shape index (κ1) is 16.9. The number of carboxylic acids is 1. The highest BCUT2D eigenvalue weighted by atomic mass is 35.5. The average molecular weight is 322 g/mol. The van der Waals surface area contributed by atoms with Crippen LogP contribution in [0.5, 0.6) is 0 Å². The number of carboxylic acid groups (broad SMARTS) is 1. The zero-order valence-corrected chi connectivity index (χ0v) is 12.6. The van der Waals surface area contributed by atoms with Gasteiger partial charge in [0.2, 0.25) is 10.0 Å². The number of sulfonamides is 1. The van der Waals surface area contributed by atoms with Gasteiger partial charge in [-0.25, -0.2) is 13.1 Å². The highest BCUT2D eigenvalue weighted by Crippen LogP contribution is 2.22. The Balaban J connectivity index is 2.91. The number of halogens is 1. The predicted molar refractivity (Wildman–Crippen MR) is 74.3 cm³/mol. The summed E-state index contributed by atoms with van der Waals surface area (Å²) in [6.07, 6.45) is -0.565. The third-order valence-corrected chi connectivity index (χ3v) is 4.64. The molecule has 0 heterocycles. The Labute approximate surface area is 122 Å². The van der Waals surface area contributed by atoms with E-state index in [1.165, 1.54) is 19.1 Å². The van der Waals surface area contributed by atoms with Crippen LogP contribution < -0.4 is 4.72 Å². The lowest BCUT2D eigenvalue weighted by Crippen LogP contribution is -2.42. The van der Waals surface area contributed by atoms with Crippen LogP contribution in [0, 0.1) is 6.92 Å². The van der Waals surface area contributed by atoms with Gasteiger partial charge in [0.05, 0.1) is 16.9 Å². The van der Waals surface area contributed by atoms with E-state index in [9.17, 15) is 18.3 Å². The molecule has 0 fully saturated rings. The van der Waals surface area contributed by atoms with E-state index in [0.717, 1.165) is 0 Å². The molecule has 112 valence electrons. The second kappa shape index (κ2) is 6.09. The number of hydrogen-bond acceptors (Lipinski definition) is 4. The first-order valence-electron chi connectivity index (χ1n) is 5.74. The molecule has 0 saturated carbocycles. The van der Waals surface area contributed by atoms with Crippen molar-refractivity contribution in [2.75, 3.05) is 6.54 Å². The molecule has 1 atom stereocenters. The summed E-state index contributed by atoms with van der Waals surface area (Å²) < 4.78 is 26.4. The van der Waals surface area contributed by atoms with Gasteiger partial charge in [-0.2, -0.15) is 0 Å². The molecule has 0 spiro atoms. The van der Waals surface area contributed by atoms with E-state index >= 15 is 0 Å². The Morgan fingerprint density at radius 3 is 2.60 bits per heavy atom. The van der Waals surface area contributed by atoms with E-state index in [0.29, 0.717) is 10.6 Å². The molecule has 0 radical (unpaired) electrons. The lowest BCUT2D eigenvalue weighted by molar-refractivity contribution is -0.141. The van der Waals surface area contributed by atoms with Crippen molar-refractivity contribution < 1.29 is 23.4 Å². The second-order valence-corrected chi connectivity index (χ2v) is 6.90. The number of nitrogens with one attached hydrogen (secondary N) is 1. The smallest absolute Gasteiger partial charge is 0.306 e. The van der Waals surface area contributed by atoms with E-state index < -0.39 is 34.6 Å². The Kier molecular flexibility index (Phi) is 5.15. The Bertz CT molecular complexity index is 612. The van der Waals surface area contributed by atoms with Gasteiger partial charge >= 0.3 is 5.97 Å². The molecule has 1 aromatic rings. The van der Waals surface area contributed by atoms with Crippen LogP contribution in [0.1, 0.15) is 18.9 Å². The average Bonchev–Trinajstić information content (AvgIpc) is 2.29. The molecule has 0 aliphatic rings. The molecule has 6 nitrogen and oxygen atoms in total. The first-order valence-corrected chi connectivity index (χ1v) is 7.60. The maximum Gasteiger partial charge on any atom is 0.306 e. The molecule has 0 bridgehead atoms. The molecule has 0 saturated heterocycles. The van der Waals surface area contributed by atoms with Crippen LogP contribution in [0.25, 0.3) is 0 Å². The molecular weight excluding hydrogens is 306 g/mol. The minimum Gasteiger partial charge on any atom is -0.481 e. The van der Waals surface area contributed by atoms with Crippen molar-refractivity contribution in [2.24, 2.45) is 0 Å². The van der Waals surface area contributed by atoms with Crippen LogP contribution in [0.2, 0.25) is 5.02 Å². The van der Waals surface area contributed by atoms with Crippen molar-refractivity contribution in [3.8, 4) is 0 Å². The fraction of sp³-hybridized carbons (Fsp3) is 0.417. The molecule has 3 N–H and O–H groups in total. The molecule has 0 amide bonds. The lowest BCUT2D eigenvalue weighted by atomic mass is 10.0. The zero-order chi connectivity index (χ0) is 15.6. The number of aliphatic carboxylic acids is 1. The highest BCUT2D eigenvalue weighted by Gasteiger charge is 2.27. The predicted octanol–water partition coefficient (Wildman–Crippen LogP) is 1.15. The Hall–Kier alpha value is -1.15. The van der Waals surface area contributed by atoms with Crippen molar-refractivity contribution in [3.63, 3.8) is 0 Å². The molecule has 1 unspecified atom stereocenters. The van der Waals surface area contributed by atoms with Crippen molar-refractivity contribution in [1.82, 2.24) is 4.72 Å². The SMILES string of the molecule is Cc1c(Cl)cccc1S(=O)(=O)NCC(C)(O)CC(=O)O. The number of hydrogen-bond donors (Lipinski definition) is 3. The summed E-state index contributed by atoms with van der Waals surface area (Å²) in [6, 6.07) is 4.45. The minimum absolute atomic E-state index is 0.00359. The minimum atomic E-state index is -3.87. The molecule has 0 aliphatic heterocycles. The van der Waals surface area contributed by atoms with Crippen molar-refractivity contribution in [3.05, 3.63) is 28.8 Å². The van der Waals surface area contributed by atoms with Crippen molar-refractivity contribution >= 4 is 27.6 Å². The third-order valence-electron chi connectivity index (χ3n) is 2.68. The van der Waals surface area contributed by atoms with E-state index in [-0.39, 0.29) is 4.90 Å². The van der Waals surface area contributed by atoms with Crippen LogP contribution in [0.3, 0.4) is 0 Å². The van der Waals surface area contributed by atoms with Gasteiger partial charge in [0.1, 0.15) is 0 Å².